The van der Waals surface area contributed by atoms with E-state index in [-0.39, 0.29) is 19.2 Å². The number of halogens is 1. The van der Waals surface area contributed by atoms with Crippen molar-refractivity contribution in [3.05, 3.63) is 76.0 Å². The summed E-state index contributed by atoms with van der Waals surface area (Å²) in [6, 6.07) is 13.7. The van der Waals surface area contributed by atoms with Crippen LogP contribution in [0.15, 0.2) is 59.8 Å². The van der Waals surface area contributed by atoms with Gasteiger partial charge in [0.15, 0.2) is 0 Å². The fourth-order valence-corrected chi connectivity index (χ4v) is 3.29. The molecule has 1 atom stereocenters. The third-order valence-electron chi connectivity index (χ3n) is 4.68. The van der Waals surface area contributed by atoms with Gasteiger partial charge in [-0.05, 0) is 31.5 Å². The zero-order valence-corrected chi connectivity index (χ0v) is 17.3. The first-order valence-corrected chi connectivity index (χ1v) is 9.68. The number of nitrogens with one attached hydrogen (secondary N) is 1. The van der Waals surface area contributed by atoms with Gasteiger partial charge in [0.1, 0.15) is 12.4 Å². The van der Waals surface area contributed by atoms with E-state index in [9.17, 15) is 9.59 Å². The van der Waals surface area contributed by atoms with Crippen molar-refractivity contribution in [2.75, 3.05) is 20.3 Å². The Hall–Kier alpha value is -2.99. The van der Waals surface area contributed by atoms with E-state index >= 15 is 0 Å². The molecule has 0 bridgehead atoms. The molecular weight excluding hydrogens is 392 g/mol. The molecule has 0 saturated heterocycles. The van der Waals surface area contributed by atoms with Gasteiger partial charge in [-0.25, -0.2) is 9.59 Å². The van der Waals surface area contributed by atoms with Crippen molar-refractivity contribution in [3.63, 3.8) is 0 Å². The molecule has 2 aromatic carbocycles. The normalized spacial score (nSPS) is 16.5. The summed E-state index contributed by atoms with van der Waals surface area (Å²) in [5.41, 5.74) is 2.63. The number of likely N-dealkylation sites (N-methyl/N-ethyl adjacent to an activating group) is 1. The highest BCUT2D eigenvalue weighted by Gasteiger charge is 2.37. The lowest BCUT2D eigenvalue weighted by Crippen LogP contribution is -2.48. The van der Waals surface area contributed by atoms with Crippen LogP contribution in [0.4, 0.5) is 4.79 Å². The number of esters is 1. The van der Waals surface area contributed by atoms with Crippen molar-refractivity contribution in [1.82, 2.24) is 10.2 Å². The summed E-state index contributed by atoms with van der Waals surface area (Å²) >= 11 is 6.17. The molecule has 2 amide bonds. The minimum absolute atomic E-state index is 0.00976. The first-order valence-electron chi connectivity index (χ1n) is 9.30. The summed E-state index contributed by atoms with van der Waals surface area (Å²) in [5, 5.41) is 3.33. The minimum Gasteiger partial charge on any atom is -0.486 e. The van der Waals surface area contributed by atoms with Crippen LogP contribution in [0.1, 0.15) is 24.1 Å². The van der Waals surface area contributed by atoms with E-state index < -0.39 is 12.0 Å². The molecule has 1 aliphatic heterocycles. The zero-order chi connectivity index (χ0) is 21.0. The monoisotopic (exact) mass is 414 g/mol. The van der Waals surface area contributed by atoms with E-state index in [4.69, 9.17) is 21.1 Å². The number of hydrogen-bond acceptors (Lipinski definition) is 4. The van der Waals surface area contributed by atoms with E-state index in [1.54, 1.807) is 38.2 Å². The number of carbonyl (C=O) groups excluding carboxylic acids is 2. The van der Waals surface area contributed by atoms with Crippen LogP contribution in [0.5, 0.6) is 5.75 Å². The van der Waals surface area contributed by atoms with Gasteiger partial charge in [0.25, 0.3) is 0 Å². The summed E-state index contributed by atoms with van der Waals surface area (Å²) in [6.07, 6.45) is 0. The van der Waals surface area contributed by atoms with Gasteiger partial charge in [0.2, 0.25) is 0 Å². The number of urea groups is 1. The summed E-state index contributed by atoms with van der Waals surface area (Å²) in [6.45, 7) is 3.93. The molecule has 152 valence electrons. The molecule has 29 heavy (non-hydrogen) atoms. The zero-order valence-electron chi connectivity index (χ0n) is 16.6. The number of hydrogen-bond donors (Lipinski definition) is 1. The highest BCUT2D eigenvalue weighted by molar-refractivity contribution is 6.32. The standard InChI is InChI=1S/C22H23ClN2O4/c1-4-28-21(26)19-17(13-29-18-8-6-5-7-16(18)23)25(3)22(27)24-20(19)15-11-9-14(2)10-12-15/h5-12,20H,4,13H2,1-3H3,(H,24,27). The molecule has 0 spiro atoms. The Kier molecular flexibility index (Phi) is 6.44. The van der Waals surface area contributed by atoms with Crippen LogP contribution in [0, 0.1) is 6.92 Å². The average molecular weight is 415 g/mol. The highest BCUT2D eigenvalue weighted by atomic mass is 35.5. The van der Waals surface area contributed by atoms with Crippen LogP contribution in [0.3, 0.4) is 0 Å². The number of rotatable bonds is 6. The Balaban J connectivity index is 2.04. The minimum atomic E-state index is -0.636. The van der Waals surface area contributed by atoms with Crippen molar-refractivity contribution in [3.8, 4) is 5.75 Å². The smallest absolute Gasteiger partial charge is 0.338 e. The Morgan fingerprint density at radius 3 is 2.52 bits per heavy atom. The first-order chi connectivity index (χ1) is 13.9. The van der Waals surface area contributed by atoms with Crippen LogP contribution < -0.4 is 10.1 Å². The molecule has 3 rings (SSSR count). The van der Waals surface area contributed by atoms with Gasteiger partial charge in [0.05, 0.1) is 28.9 Å². The van der Waals surface area contributed by atoms with E-state index in [0.717, 1.165) is 11.1 Å². The molecule has 0 aliphatic carbocycles. The van der Waals surface area contributed by atoms with E-state index in [0.29, 0.717) is 22.0 Å². The molecule has 0 saturated carbocycles. The molecule has 1 N–H and O–H groups in total. The second-order valence-corrected chi connectivity index (χ2v) is 7.06. The van der Waals surface area contributed by atoms with Crippen molar-refractivity contribution in [2.24, 2.45) is 0 Å². The predicted molar refractivity (Wildman–Crippen MR) is 111 cm³/mol. The molecule has 1 unspecified atom stereocenters. The Bertz CT molecular complexity index is 940. The van der Waals surface area contributed by atoms with Crippen LogP contribution in [0.2, 0.25) is 5.02 Å². The fourth-order valence-electron chi connectivity index (χ4n) is 3.10. The number of para-hydroxylation sites is 1. The van der Waals surface area contributed by atoms with Gasteiger partial charge >= 0.3 is 12.0 Å². The SMILES string of the molecule is CCOC(=O)C1=C(COc2ccccc2Cl)N(C)C(=O)NC1c1ccc(C)cc1. The van der Waals surface area contributed by atoms with E-state index in [1.165, 1.54) is 4.90 Å². The second-order valence-electron chi connectivity index (χ2n) is 6.65. The van der Waals surface area contributed by atoms with Gasteiger partial charge in [-0.15, -0.1) is 0 Å². The van der Waals surface area contributed by atoms with Gasteiger partial charge in [-0.2, -0.15) is 0 Å². The van der Waals surface area contributed by atoms with Crippen LogP contribution in [-0.4, -0.2) is 37.2 Å². The topological polar surface area (TPSA) is 67.9 Å². The van der Waals surface area contributed by atoms with E-state index in [1.807, 2.05) is 31.2 Å². The van der Waals surface area contributed by atoms with Crippen molar-refractivity contribution < 1.29 is 19.1 Å². The number of nitrogens with zero attached hydrogens (tertiary/aromatic N) is 1. The average Bonchev–Trinajstić information content (AvgIpc) is 2.70. The molecule has 0 radical (unpaired) electrons. The lowest BCUT2D eigenvalue weighted by atomic mass is 9.94. The Labute approximate surface area is 175 Å². The van der Waals surface area contributed by atoms with Gasteiger partial charge in [0, 0.05) is 7.05 Å². The maximum Gasteiger partial charge on any atom is 0.338 e. The molecule has 0 aromatic heterocycles. The lowest BCUT2D eigenvalue weighted by Gasteiger charge is -2.34. The van der Waals surface area contributed by atoms with Crippen LogP contribution in [-0.2, 0) is 9.53 Å². The summed E-state index contributed by atoms with van der Waals surface area (Å²) in [4.78, 5) is 26.8. The maximum absolute atomic E-state index is 12.9. The number of benzene rings is 2. The summed E-state index contributed by atoms with van der Waals surface area (Å²) < 4.78 is 11.1. The molecular formula is C22H23ClN2O4. The molecule has 7 heteroatoms. The molecule has 6 nitrogen and oxygen atoms in total. The summed E-state index contributed by atoms with van der Waals surface area (Å²) in [5.74, 6) is -0.0289. The van der Waals surface area contributed by atoms with Crippen LogP contribution in [0.25, 0.3) is 0 Å². The molecule has 0 fully saturated rings. The number of aryl methyl sites for hydroxylation is 1. The van der Waals surface area contributed by atoms with Gasteiger partial charge in [-0.3, -0.25) is 4.90 Å². The second kappa shape index (κ2) is 9.01. The quantitative estimate of drug-likeness (QED) is 0.718. The van der Waals surface area contributed by atoms with E-state index in [2.05, 4.69) is 5.32 Å². The fraction of sp³-hybridized carbons (Fsp3) is 0.273. The lowest BCUT2D eigenvalue weighted by molar-refractivity contribution is -0.139. The van der Waals surface area contributed by atoms with Crippen molar-refractivity contribution in [2.45, 2.75) is 19.9 Å². The molecule has 1 heterocycles. The van der Waals surface area contributed by atoms with Crippen LogP contribution >= 0.6 is 11.6 Å². The highest BCUT2D eigenvalue weighted by Crippen LogP contribution is 2.32. The number of carbonyl (C=O) groups is 2. The predicted octanol–water partition coefficient (Wildman–Crippen LogP) is 4.24. The Morgan fingerprint density at radius 2 is 1.86 bits per heavy atom. The Morgan fingerprint density at radius 1 is 1.17 bits per heavy atom. The largest absolute Gasteiger partial charge is 0.486 e. The van der Waals surface area contributed by atoms with Crippen molar-refractivity contribution >= 4 is 23.6 Å². The first kappa shape index (κ1) is 20.7. The van der Waals surface area contributed by atoms with Gasteiger partial charge < -0.3 is 14.8 Å². The number of amides is 2. The summed E-state index contributed by atoms with van der Waals surface area (Å²) in [7, 11) is 1.59. The third kappa shape index (κ3) is 4.54. The molecule has 2 aromatic rings. The number of ether oxygens (including phenoxy) is 2. The maximum atomic E-state index is 12.9. The van der Waals surface area contributed by atoms with Gasteiger partial charge in [-0.1, -0.05) is 53.6 Å². The third-order valence-corrected chi connectivity index (χ3v) is 5.00. The van der Waals surface area contributed by atoms with Crippen molar-refractivity contribution in [1.29, 1.82) is 0 Å². The molecule has 1 aliphatic rings.